The van der Waals surface area contributed by atoms with Crippen LogP contribution in [0.25, 0.3) is 22.3 Å². The molecule has 0 aliphatic heterocycles. The van der Waals surface area contributed by atoms with Crippen molar-refractivity contribution in [2.75, 3.05) is 0 Å². The van der Waals surface area contributed by atoms with Gasteiger partial charge < -0.3 is 0 Å². The SMILES string of the molecule is NS(=O)(=O)c1ccc(-c2ccc(-c3cc(Cl)cc(Cl)c3)c(S)c2)cc1F. The summed E-state index contributed by atoms with van der Waals surface area (Å²) >= 11 is 16.6. The van der Waals surface area contributed by atoms with E-state index in [1.165, 1.54) is 6.07 Å². The molecule has 134 valence electrons. The number of primary sulfonamides is 1. The highest BCUT2D eigenvalue weighted by atomic mass is 35.5. The third-order valence-corrected chi connectivity index (χ3v) is 5.49. The molecule has 0 saturated carbocycles. The molecule has 3 rings (SSSR count). The summed E-state index contributed by atoms with van der Waals surface area (Å²) in [6.07, 6.45) is 0. The standard InChI is InChI=1S/C18H12Cl2FNO2S2/c19-13-5-12(6-14(20)9-13)15-3-1-11(8-17(15)25)10-2-4-18(16(21)7-10)26(22,23)24/h1-9,25H,(H2,22,23,24). The second-order valence-electron chi connectivity index (χ2n) is 5.58. The van der Waals surface area contributed by atoms with Gasteiger partial charge in [-0.25, -0.2) is 17.9 Å². The van der Waals surface area contributed by atoms with Crippen molar-refractivity contribution in [2.45, 2.75) is 9.79 Å². The summed E-state index contributed by atoms with van der Waals surface area (Å²) in [4.78, 5) is 0.0919. The lowest BCUT2D eigenvalue weighted by Gasteiger charge is -2.10. The first-order valence-corrected chi connectivity index (χ1v) is 10.0. The smallest absolute Gasteiger partial charge is 0.225 e. The number of hydrogen-bond acceptors (Lipinski definition) is 3. The Kier molecular flexibility index (Phi) is 5.33. The molecule has 0 aromatic heterocycles. The van der Waals surface area contributed by atoms with Crippen LogP contribution in [-0.2, 0) is 10.0 Å². The van der Waals surface area contributed by atoms with Crippen molar-refractivity contribution >= 4 is 45.9 Å². The summed E-state index contributed by atoms with van der Waals surface area (Å²) in [5, 5.41) is 5.99. The van der Waals surface area contributed by atoms with Crippen LogP contribution in [0, 0.1) is 5.82 Å². The molecular formula is C18H12Cl2FNO2S2. The van der Waals surface area contributed by atoms with Gasteiger partial charge in [0.05, 0.1) is 0 Å². The van der Waals surface area contributed by atoms with Crippen molar-refractivity contribution in [2.24, 2.45) is 5.14 Å². The Morgan fingerprint density at radius 3 is 1.96 bits per heavy atom. The Balaban J connectivity index is 2.04. The molecule has 3 aromatic rings. The molecule has 0 unspecified atom stereocenters. The van der Waals surface area contributed by atoms with E-state index in [0.717, 1.165) is 23.3 Å². The molecule has 3 aromatic carbocycles. The largest absolute Gasteiger partial charge is 0.240 e. The second-order valence-corrected chi connectivity index (χ2v) is 8.46. The summed E-state index contributed by atoms with van der Waals surface area (Å²) in [5.74, 6) is -0.906. The second kappa shape index (κ2) is 7.21. The maximum atomic E-state index is 14.1. The molecular weight excluding hydrogens is 416 g/mol. The predicted molar refractivity (Wildman–Crippen MR) is 106 cm³/mol. The third kappa shape index (κ3) is 4.05. The Hall–Kier alpha value is -1.57. The lowest BCUT2D eigenvalue weighted by atomic mass is 10.00. The van der Waals surface area contributed by atoms with E-state index in [1.54, 1.807) is 30.3 Å². The summed E-state index contributed by atoms with van der Waals surface area (Å²) in [6, 6.07) is 14.3. The van der Waals surface area contributed by atoms with E-state index in [2.05, 4.69) is 12.6 Å². The summed E-state index contributed by atoms with van der Waals surface area (Å²) in [5.41, 5.74) is 2.78. The molecule has 0 saturated heterocycles. The van der Waals surface area contributed by atoms with Crippen molar-refractivity contribution in [3.63, 3.8) is 0 Å². The molecule has 0 atom stereocenters. The van der Waals surface area contributed by atoms with Gasteiger partial charge in [-0.2, -0.15) is 0 Å². The van der Waals surface area contributed by atoms with Crippen LogP contribution in [0.15, 0.2) is 64.4 Å². The van der Waals surface area contributed by atoms with Crippen LogP contribution in [0.5, 0.6) is 0 Å². The van der Waals surface area contributed by atoms with Crippen LogP contribution in [0.1, 0.15) is 0 Å². The first-order valence-electron chi connectivity index (χ1n) is 7.27. The number of hydrogen-bond donors (Lipinski definition) is 2. The van der Waals surface area contributed by atoms with Crippen molar-refractivity contribution in [3.8, 4) is 22.3 Å². The average molecular weight is 428 g/mol. The van der Waals surface area contributed by atoms with E-state index in [4.69, 9.17) is 28.3 Å². The normalized spacial score (nSPS) is 11.6. The van der Waals surface area contributed by atoms with Gasteiger partial charge in [0.25, 0.3) is 0 Å². The fourth-order valence-electron chi connectivity index (χ4n) is 2.58. The van der Waals surface area contributed by atoms with Gasteiger partial charge in [0.2, 0.25) is 10.0 Å². The Morgan fingerprint density at radius 1 is 0.846 bits per heavy atom. The van der Waals surface area contributed by atoms with Crippen LogP contribution < -0.4 is 5.14 Å². The Bertz CT molecular complexity index is 1100. The number of benzene rings is 3. The molecule has 2 N–H and O–H groups in total. The van der Waals surface area contributed by atoms with Gasteiger partial charge in [0.15, 0.2) is 0 Å². The van der Waals surface area contributed by atoms with Crippen LogP contribution in [0.4, 0.5) is 4.39 Å². The number of halogens is 3. The van der Waals surface area contributed by atoms with Gasteiger partial charge in [-0.05, 0) is 58.7 Å². The Morgan fingerprint density at radius 2 is 1.42 bits per heavy atom. The molecule has 0 amide bonds. The van der Waals surface area contributed by atoms with Crippen molar-refractivity contribution in [1.82, 2.24) is 0 Å². The van der Waals surface area contributed by atoms with E-state index >= 15 is 0 Å². The van der Waals surface area contributed by atoms with Gasteiger partial charge in [-0.1, -0.05) is 41.4 Å². The predicted octanol–water partition coefficient (Wildman–Crippen LogP) is 5.40. The van der Waals surface area contributed by atoms with Crippen molar-refractivity contribution < 1.29 is 12.8 Å². The van der Waals surface area contributed by atoms with Crippen LogP contribution in [-0.4, -0.2) is 8.42 Å². The molecule has 0 spiro atoms. The van der Waals surface area contributed by atoms with Crippen LogP contribution in [0.3, 0.4) is 0 Å². The molecule has 0 heterocycles. The monoisotopic (exact) mass is 427 g/mol. The molecule has 8 heteroatoms. The molecule has 26 heavy (non-hydrogen) atoms. The van der Waals surface area contributed by atoms with Gasteiger partial charge in [0, 0.05) is 14.9 Å². The minimum atomic E-state index is -4.11. The van der Waals surface area contributed by atoms with E-state index in [-0.39, 0.29) is 0 Å². The summed E-state index contributed by atoms with van der Waals surface area (Å²) < 4.78 is 36.7. The first-order chi connectivity index (χ1) is 12.1. The third-order valence-electron chi connectivity index (χ3n) is 3.74. The number of sulfonamides is 1. The molecule has 0 bridgehead atoms. The minimum absolute atomic E-state index is 0.501. The highest BCUT2D eigenvalue weighted by molar-refractivity contribution is 7.89. The fourth-order valence-corrected chi connectivity index (χ4v) is 4.03. The average Bonchev–Trinajstić information content (AvgIpc) is 2.52. The number of rotatable bonds is 3. The Labute approximate surface area is 166 Å². The lowest BCUT2D eigenvalue weighted by molar-refractivity contribution is 0.568. The topological polar surface area (TPSA) is 60.2 Å². The zero-order chi connectivity index (χ0) is 19.1. The van der Waals surface area contributed by atoms with Gasteiger partial charge in [-0.15, -0.1) is 12.6 Å². The van der Waals surface area contributed by atoms with Crippen LogP contribution >= 0.6 is 35.8 Å². The number of nitrogens with two attached hydrogens (primary N) is 1. The van der Waals surface area contributed by atoms with E-state index in [9.17, 15) is 12.8 Å². The quantitative estimate of drug-likeness (QED) is 0.549. The molecule has 0 aliphatic carbocycles. The lowest BCUT2D eigenvalue weighted by Crippen LogP contribution is -2.13. The van der Waals surface area contributed by atoms with E-state index in [0.29, 0.717) is 26.1 Å². The maximum Gasteiger partial charge on any atom is 0.240 e. The first kappa shape index (κ1) is 19.2. The number of thiol groups is 1. The van der Waals surface area contributed by atoms with Crippen LogP contribution in [0.2, 0.25) is 10.0 Å². The summed E-state index contributed by atoms with van der Waals surface area (Å²) in [7, 11) is -4.11. The zero-order valence-corrected chi connectivity index (χ0v) is 16.3. The van der Waals surface area contributed by atoms with Crippen molar-refractivity contribution in [3.05, 3.63) is 70.5 Å². The fraction of sp³-hybridized carbons (Fsp3) is 0. The summed E-state index contributed by atoms with van der Waals surface area (Å²) in [6.45, 7) is 0. The van der Waals surface area contributed by atoms with E-state index < -0.39 is 20.7 Å². The highest BCUT2D eigenvalue weighted by Gasteiger charge is 2.15. The zero-order valence-electron chi connectivity index (χ0n) is 13.1. The molecule has 0 radical (unpaired) electrons. The molecule has 0 fully saturated rings. The van der Waals surface area contributed by atoms with Gasteiger partial charge in [0.1, 0.15) is 10.7 Å². The minimum Gasteiger partial charge on any atom is -0.225 e. The van der Waals surface area contributed by atoms with Crippen molar-refractivity contribution in [1.29, 1.82) is 0 Å². The van der Waals surface area contributed by atoms with Gasteiger partial charge >= 0.3 is 0 Å². The molecule has 3 nitrogen and oxygen atoms in total. The highest BCUT2D eigenvalue weighted by Crippen LogP contribution is 2.34. The maximum absolute atomic E-state index is 14.1. The van der Waals surface area contributed by atoms with E-state index in [1.807, 2.05) is 6.07 Å². The van der Waals surface area contributed by atoms with Gasteiger partial charge in [-0.3, -0.25) is 0 Å². The molecule has 0 aliphatic rings.